The summed E-state index contributed by atoms with van der Waals surface area (Å²) in [7, 11) is 0. The molecule has 1 amide bonds. The molecule has 176 valence electrons. The first-order chi connectivity index (χ1) is 17.5. The molecule has 0 saturated heterocycles. The van der Waals surface area contributed by atoms with Crippen LogP contribution in [0.4, 0.5) is 5.69 Å². The summed E-state index contributed by atoms with van der Waals surface area (Å²) in [6, 6.07) is 26.5. The summed E-state index contributed by atoms with van der Waals surface area (Å²) in [4.78, 5) is 16.2. The number of ether oxygens (including phenoxy) is 1. The molecule has 2 aliphatic rings. The molecule has 7 nitrogen and oxygen atoms in total. The predicted molar refractivity (Wildman–Crippen MR) is 136 cm³/mol. The Morgan fingerprint density at radius 3 is 2.47 bits per heavy atom. The Balaban J connectivity index is 1.62. The zero-order chi connectivity index (χ0) is 25.0. The molecule has 4 aromatic rings. The summed E-state index contributed by atoms with van der Waals surface area (Å²) >= 11 is 6.08. The van der Waals surface area contributed by atoms with Gasteiger partial charge in [-0.25, -0.2) is 4.68 Å². The van der Waals surface area contributed by atoms with Crippen LogP contribution in [0.25, 0.3) is 5.69 Å². The van der Waals surface area contributed by atoms with Gasteiger partial charge < -0.3 is 15.4 Å². The number of fused-ring (bicyclic) bond motifs is 4. The maximum atomic E-state index is 14.6. The van der Waals surface area contributed by atoms with Crippen molar-refractivity contribution in [2.75, 3.05) is 4.90 Å². The third-order valence-electron chi connectivity index (χ3n) is 6.75. The molecule has 1 aromatic heterocycles. The highest BCUT2D eigenvalue weighted by atomic mass is 35.5. The van der Waals surface area contributed by atoms with Gasteiger partial charge in [0.25, 0.3) is 0 Å². The van der Waals surface area contributed by atoms with Crippen LogP contribution in [-0.4, -0.2) is 15.7 Å². The molecule has 2 N–H and O–H groups in total. The van der Waals surface area contributed by atoms with Crippen molar-refractivity contribution in [2.45, 2.75) is 18.9 Å². The van der Waals surface area contributed by atoms with Crippen LogP contribution in [-0.2, 0) is 16.8 Å². The van der Waals surface area contributed by atoms with Gasteiger partial charge in [0.2, 0.25) is 17.7 Å². The van der Waals surface area contributed by atoms with Crippen LogP contribution in [0.1, 0.15) is 22.4 Å². The smallest absolute Gasteiger partial charge is 0.248 e. The summed E-state index contributed by atoms with van der Waals surface area (Å²) in [5.41, 5.74) is 9.06. The molecule has 6 rings (SSSR count). The first kappa shape index (κ1) is 22.0. The van der Waals surface area contributed by atoms with Crippen LogP contribution in [0, 0.1) is 18.3 Å². The average Bonchev–Trinajstić information content (AvgIpc) is 3.34. The van der Waals surface area contributed by atoms with Gasteiger partial charge in [0, 0.05) is 16.3 Å². The highest BCUT2D eigenvalue weighted by Crippen LogP contribution is 2.56. The first-order valence-electron chi connectivity index (χ1n) is 11.4. The number of carbonyl (C=O) groups excluding carboxylic acids is 1. The average molecular weight is 494 g/mol. The number of nitrogens with zero attached hydrogens (tertiary/aromatic N) is 4. The zero-order valence-electron chi connectivity index (χ0n) is 19.3. The van der Waals surface area contributed by atoms with Crippen LogP contribution in [0.3, 0.4) is 0 Å². The number of nitriles is 1. The number of carbonyl (C=O) groups is 1. The molecular weight excluding hydrogens is 474 g/mol. The van der Waals surface area contributed by atoms with Gasteiger partial charge in [0.15, 0.2) is 0 Å². The Morgan fingerprint density at radius 2 is 1.75 bits per heavy atom. The summed E-state index contributed by atoms with van der Waals surface area (Å²) < 4.78 is 7.64. The molecule has 3 heterocycles. The molecule has 36 heavy (non-hydrogen) atoms. The molecule has 8 heteroatoms. The topological polar surface area (TPSA) is 97.2 Å². The fourth-order valence-corrected chi connectivity index (χ4v) is 5.37. The third-order valence-corrected chi connectivity index (χ3v) is 7.00. The minimum Gasteiger partial charge on any atom is -0.422 e. The lowest BCUT2D eigenvalue weighted by atomic mass is 9.69. The lowest BCUT2D eigenvalue weighted by molar-refractivity contribution is -0.121. The van der Waals surface area contributed by atoms with Crippen LogP contribution >= 0.6 is 11.6 Å². The largest absolute Gasteiger partial charge is 0.422 e. The van der Waals surface area contributed by atoms with Crippen LogP contribution in [0.5, 0.6) is 5.88 Å². The standard InChI is InChI=1S/C28H20ClN5O2/c1-17-24-26(34(32-17)20-7-3-2-4-8-20)36-25(31)22(15-30)28(24)21-9-5-6-10-23(21)33(27(28)35)16-18-11-13-19(29)14-12-18/h2-14H,16,31H2,1H3/t28-/m0/s1. The normalized spacial score (nSPS) is 18.1. The van der Waals surface area contributed by atoms with E-state index in [-0.39, 0.29) is 17.4 Å². The van der Waals surface area contributed by atoms with E-state index in [9.17, 15) is 10.1 Å². The second-order valence-electron chi connectivity index (χ2n) is 8.75. The lowest BCUT2D eigenvalue weighted by Gasteiger charge is -2.33. The van der Waals surface area contributed by atoms with E-state index in [1.165, 1.54) is 0 Å². The predicted octanol–water partition coefficient (Wildman–Crippen LogP) is 4.75. The summed E-state index contributed by atoms with van der Waals surface area (Å²) in [6.45, 7) is 2.12. The second kappa shape index (κ2) is 8.01. The highest BCUT2D eigenvalue weighted by molar-refractivity contribution is 6.30. The Kier molecular flexibility index (Phi) is 4.88. The van der Waals surface area contributed by atoms with Crippen molar-refractivity contribution in [3.05, 3.63) is 118 Å². The Morgan fingerprint density at radius 1 is 1.06 bits per heavy atom. The number of rotatable bonds is 3. The Hall–Kier alpha value is -4.54. The van der Waals surface area contributed by atoms with Gasteiger partial charge in [-0.2, -0.15) is 10.4 Å². The van der Waals surface area contributed by atoms with Crippen molar-refractivity contribution in [1.29, 1.82) is 5.26 Å². The second-order valence-corrected chi connectivity index (χ2v) is 9.19. The van der Waals surface area contributed by atoms with E-state index < -0.39 is 5.41 Å². The minimum absolute atomic E-state index is 0.0572. The maximum absolute atomic E-state index is 14.6. The summed E-state index contributed by atoms with van der Waals surface area (Å²) in [5, 5.41) is 15.6. The Labute approximate surface area is 212 Å². The molecule has 0 bridgehead atoms. The highest BCUT2D eigenvalue weighted by Gasteiger charge is 2.61. The van der Waals surface area contributed by atoms with E-state index in [1.54, 1.807) is 21.7 Å². The molecular formula is C28H20ClN5O2. The van der Waals surface area contributed by atoms with Crippen molar-refractivity contribution >= 4 is 23.2 Å². The minimum atomic E-state index is -1.48. The monoisotopic (exact) mass is 493 g/mol. The maximum Gasteiger partial charge on any atom is 0.248 e. The number of benzene rings is 3. The van der Waals surface area contributed by atoms with Crippen LogP contribution in [0.15, 0.2) is 90.3 Å². The number of nitrogens with two attached hydrogens (primary N) is 1. The van der Waals surface area contributed by atoms with Gasteiger partial charge >= 0.3 is 0 Å². The number of aromatic nitrogens is 2. The fourth-order valence-electron chi connectivity index (χ4n) is 5.25. The van der Waals surface area contributed by atoms with Crippen molar-refractivity contribution in [2.24, 2.45) is 5.73 Å². The van der Waals surface area contributed by atoms with Crippen molar-refractivity contribution < 1.29 is 9.53 Å². The van der Waals surface area contributed by atoms with E-state index in [0.29, 0.717) is 40.0 Å². The molecule has 2 aliphatic heterocycles. The van der Waals surface area contributed by atoms with E-state index in [1.807, 2.05) is 73.7 Å². The summed E-state index contributed by atoms with van der Waals surface area (Å²) in [6.07, 6.45) is 0. The van der Waals surface area contributed by atoms with Gasteiger partial charge in [-0.15, -0.1) is 0 Å². The summed E-state index contributed by atoms with van der Waals surface area (Å²) in [5.74, 6) is -0.0660. The van der Waals surface area contributed by atoms with E-state index in [0.717, 1.165) is 11.3 Å². The van der Waals surface area contributed by atoms with Gasteiger partial charge in [-0.1, -0.05) is 60.1 Å². The first-order valence-corrected chi connectivity index (χ1v) is 11.7. The molecule has 0 saturated carbocycles. The van der Waals surface area contributed by atoms with Gasteiger partial charge in [0.1, 0.15) is 17.1 Å². The van der Waals surface area contributed by atoms with Gasteiger partial charge in [-0.05, 0) is 42.8 Å². The molecule has 0 fully saturated rings. The number of hydrogen-bond donors (Lipinski definition) is 1. The van der Waals surface area contributed by atoms with Crippen molar-refractivity contribution in [3.63, 3.8) is 0 Å². The number of aryl methyl sites for hydroxylation is 1. The van der Waals surface area contributed by atoms with Gasteiger partial charge in [0.05, 0.1) is 23.5 Å². The fraction of sp³-hybridized carbons (Fsp3) is 0.107. The van der Waals surface area contributed by atoms with E-state index in [4.69, 9.17) is 27.2 Å². The molecule has 0 unspecified atom stereocenters. The quantitative estimate of drug-likeness (QED) is 0.444. The molecule has 0 radical (unpaired) electrons. The zero-order valence-corrected chi connectivity index (χ0v) is 20.0. The van der Waals surface area contributed by atoms with Gasteiger partial charge in [-0.3, -0.25) is 4.79 Å². The number of para-hydroxylation sites is 2. The lowest BCUT2D eigenvalue weighted by Crippen LogP contribution is -2.46. The van der Waals surface area contributed by atoms with E-state index >= 15 is 0 Å². The SMILES string of the molecule is Cc1nn(-c2ccccc2)c2c1[C@@]1(C(=O)N(Cc3ccc(Cl)cc3)c3ccccc31)C(C#N)=C(N)O2. The Bertz CT molecular complexity index is 1600. The van der Waals surface area contributed by atoms with Crippen LogP contribution < -0.4 is 15.4 Å². The molecule has 3 aromatic carbocycles. The van der Waals surface area contributed by atoms with Crippen molar-refractivity contribution in [1.82, 2.24) is 9.78 Å². The third kappa shape index (κ3) is 2.92. The van der Waals surface area contributed by atoms with Crippen LogP contribution in [0.2, 0.25) is 5.02 Å². The molecule has 0 aliphatic carbocycles. The number of hydrogen-bond acceptors (Lipinski definition) is 5. The number of anilines is 1. The van der Waals surface area contributed by atoms with E-state index in [2.05, 4.69) is 6.07 Å². The number of halogens is 1. The molecule has 1 atom stereocenters. The number of amides is 1. The molecule has 1 spiro atoms. The van der Waals surface area contributed by atoms with Crippen molar-refractivity contribution in [3.8, 4) is 17.6 Å².